The van der Waals surface area contributed by atoms with Crippen LogP contribution >= 0.6 is 12.4 Å². The number of nitrogens with zero attached hydrogens (tertiary/aromatic N) is 1. The number of hydrogen-bond donors (Lipinski definition) is 1. The molecule has 0 spiro atoms. The van der Waals surface area contributed by atoms with Crippen molar-refractivity contribution in [1.82, 2.24) is 4.90 Å². The maximum atomic E-state index is 9.48. The number of aliphatic hydroxyl groups is 1. The SMILES string of the molecule is Cl.OCC(CN1CCCCC1)c1ccccc1. The lowest BCUT2D eigenvalue weighted by Gasteiger charge is -2.29. The first-order valence-corrected chi connectivity index (χ1v) is 6.28. The first kappa shape index (κ1) is 14.5. The average molecular weight is 256 g/mol. The summed E-state index contributed by atoms with van der Waals surface area (Å²) in [6.45, 7) is 3.65. The highest BCUT2D eigenvalue weighted by molar-refractivity contribution is 5.85. The maximum Gasteiger partial charge on any atom is 0.0512 e. The van der Waals surface area contributed by atoms with E-state index in [1.807, 2.05) is 18.2 Å². The highest BCUT2D eigenvalue weighted by Gasteiger charge is 2.16. The quantitative estimate of drug-likeness (QED) is 0.894. The van der Waals surface area contributed by atoms with Crippen LogP contribution in [0.5, 0.6) is 0 Å². The Kier molecular flexibility index (Phi) is 6.56. The summed E-state index contributed by atoms with van der Waals surface area (Å²) in [5, 5.41) is 9.48. The van der Waals surface area contributed by atoms with Crippen molar-refractivity contribution in [1.29, 1.82) is 0 Å². The van der Waals surface area contributed by atoms with E-state index in [0.29, 0.717) is 0 Å². The standard InChI is InChI=1S/C14H21NO.ClH/c16-12-14(13-7-3-1-4-8-13)11-15-9-5-2-6-10-15;/h1,3-4,7-8,14,16H,2,5-6,9-12H2;1H. The lowest BCUT2D eigenvalue weighted by Crippen LogP contribution is -2.34. The fourth-order valence-corrected chi connectivity index (χ4v) is 2.45. The van der Waals surface area contributed by atoms with Gasteiger partial charge in [-0.1, -0.05) is 36.8 Å². The number of piperidine rings is 1. The number of rotatable bonds is 4. The topological polar surface area (TPSA) is 23.5 Å². The Labute approximate surface area is 110 Å². The predicted octanol–water partition coefficient (Wildman–Crippen LogP) is 2.67. The van der Waals surface area contributed by atoms with Gasteiger partial charge in [-0.25, -0.2) is 0 Å². The highest BCUT2D eigenvalue weighted by Crippen LogP contribution is 2.18. The summed E-state index contributed by atoms with van der Waals surface area (Å²) < 4.78 is 0. The average Bonchev–Trinajstić information content (AvgIpc) is 2.38. The molecule has 0 amide bonds. The van der Waals surface area contributed by atoms with Gasteiger partial charge in [0, 0.05) is 12.5 Å². The molecule has 2 rings (SSSR count). The number of halogens is 1. The van der Waals surface area contributed by atoms with E-state index < -0.39 is 0 Å². The van der Waals surface area contributed by atoms with E-state index in [1.165, 1.54) is 37.9 Å². The lowest BCUT2D eigenvalue weighted by atomic mass is 9.98. The molecule has 0 radical (unpaired) electrons. The van der Waals surface area contributed by atoms with Crippen molar-refractivity contribution in [3.8, 4) is 0 Å². The fourth-order valence-electron chi connectivity index (χ4n) is 2.45. The number of aliphatic hydroxyl groups excluding tert-OH is 1. The van der Waals surface area contributed by atoms with Crippen LogP contribution in [0.25, 0.3) is 0 Å². The van der Waals surface area contributed by atoms with E-state index in [2.05, 4.69) is 17.0 Å². The van der Waals surface area contributed by atoms with Gasteiger partial charge in [-0.15, -0.1) is 12.4 Å². The summed E-state index contributed by atoms with van der Waals surface area (Å²) in [6, 6.07) is 10.4. The van der Waals surface area contributed by atoms with Gasteiger partial charge in [0.25, 0.3) is 0 Å². The minimum absolute atomic E-state index is 0. The Morgan fingerprint density at radius 1 is 1.06 bits per heavy atom. The second-order valence-electron chi connectivity index (χ2n) is 4.65. The van der Waals surface area contributed by atoms with Crippen molar-refractivity contribution in [2.24, 2.45) is 0 Å². The van der Waals surface area contributed by atoms with Crippen molar-refractivity contribution in [2.75, 3.05) is 26.2 Å². The molecule has 17 heavy (non-hydrogen) atoms. The summed E-state index contributed by atoms with van der Waals surface area (Å²) in [5.74, 6) is 0.277. The van der Waals surface area contributed by atoms with Gasteiger partial charge in [-0.3, -0.25) is 0 Å². The Hall–Kier alpha value is -0.570. The molecule has 96 valence electrons. The Bertz CT molecular complexity index is 298. The molecule has 1 aromatic carbocycles. The number of likely N-dealkylation sites (tertiary alicyclic amines) is 1. The number of hydrogen-bond acceptors (Lipinski definition) is 2. The molecular formula is C14H22ClNO. The number of benzene rings is 1. The lowest BCUT2D eigenvalue weighted by molar-refractivity contribution is 0.179. The normalized spacial score (nSPS) is 18.4. The van der Waals surface area contributed by atoms with Crippen molar-refractivity contribution in [2.45, 2.75) is 25.2 Å². The van der Waals surface area contributed by atoms with E-state index in [9.17, 15) is 5.11 Å². The minimum atomic E-state index is 0. The van der Waals surface area contributed by atoms with E-state index in [4.69, 9.17) is 0 Å². The molecule has 1 unspecified atom stereocenters. The van der Waals surface area contributed by atoms with Gasteiger partial charge >= 0.3 is 0 Å². The summed E-state index contributed by atoms with van der Waals surface area (Å²) in [5.41, 5.74) is 1.26. The predicted molar refractivity (Wildman–Crippen MR) is 73.8 cm³/mol. The third kappa shape index (κ3) is 4.30. The van der Waals surface area contributed by atoms with E-state index in [-0.39, 0.29) is 24.9 Å². The molecule has 1 aliphatic rings. The molecule has 1 N–H and O–H groups in total. The van der Waals surface area contributed by atoms with Gasteiger partial charge in [-0.05, 0) is 31.5 Å². The minimum Gasteiger partial charge on any atom is -0.396 e. The van der Waals surface area contributed by atoms with Gasteiger partial charge in [0.05, 0.1) is 6.61 Å². The largest absolute Gasteiger partial charge is 0.396 e. The zero-order valence-corrected chi connectivity index (χ0v) is 11.0. The van der Waals surface area contributed by atoms with E-state index in [1.54, 1.807) is 0 Å². The Morgan fingerprint density at radius 2 is 1.71 bits per heavy atom. The van der Waals surface area contributed by atoms with Gasteiger partial charge in [0.2, 0.25) is 0 Å². The Morgan fingerprint density at radius 3 is 2.29 bits per heavy atom. The molecule has 0 saturated carbocycles. The summed E-state index contributed by atoms with van der Waals surface area (Å²) in [7, 11) is 0. The summed E-state index contributed by atoms with van der Waals surface area (Å²) in [6.07, 6.45) is 3.99. The molecule has 3 heteroatoms. The van der Waals surface area contributed by atoms with Crippen LogP contribution in [0.15, 0.2) is 30.3 Å². The zero-order chi connectivity index (χ0) is 11.2. The van der Waals surface area contributed by atoms with E-state index in [0.717, 1.165) is 6.54 Å². The smallest absolute Gasteiger partial charge is 0.0512 e. The molecule has 1 aliphatic heterocycles. The fraction of sp³-hybridized carbons (Fsp3) is 0.571. The molecule has 0 aromatic heterocycles. The third-order valence-electron chi connectivity index (χ3n) is 3.42. The van der Waals surface area contributed by atoms with Crippen LogP contribution in [0.4, 0.5) is 0 Å². The molecule has 2 nitrogen and oxygen atoms in total. The van der Waals surface area contributed by atoms with Crippen LogP contribution in [-0.4, -0.2) is 36.2 Å². The summed E-state index contributed by atoms with van der Waals surface area (Å²) >= 11 is 0. The molecule has 0 bridgehead atoms. The van der Waals surface area contributed by atoms with Crippen LogP contribution in [0.1, 0.15) is 30.7 Å². The molecule has 1 heterocycles. The maximum absolute atomic E-state index is 9.48. The van der Waals surface area contributed by atoms with Crippen molar-refractivity contribution in [3.05, 3.63) is 35.9 Å². The van der Waals surface area contributed by atoms with Crippen molar-refractivity contribution in [3.63, 3.8) is 0 Å². The summed E-state index contributed by atoms with van der Waals surface area (Å²) in [4.78, 5) is 2.48. The van der Waals surface area contributed by atoms with Crippen LogP contribution in [0, 0.1) is 0 Å². The molecule has 1 aromatic rings. The van der Waals surface area contributed by atoms with Crippen molar-refractivity contribution < 1.29 is 5.11 Å². The molecule has 1 atom stereocenters. The monoisotopic (exact) mass is 255 g/mol. The zero-order valence-electron chi connectivity index (χ0n) is 10.2. The molecule has 1 saturated heterocycles. The first-order chi connectivity index (χ1) is 7.90. The van der Waals surface area contributed by atoms with Crippen LogP contribution in [-0.2, 0) is 0 Å². The Balaban J connectivity index is 0.00000144. The van der Waals surface area contributed by atoms with Crippen LogP contribution < -0.4 is 0 Å². The van der Waals surface area contributed by atoms with Gasteiger partial charge < -0.3 is 10.0 Å². The van der Waals surface area contributed by atoms with Gasteiger partial charge in [-0.2, -0.15) is 0 Å². The highest BCUT2D eigenvalue weighted by atomic mass is 35.5. The second-order valence-corrected chi connectivity index (χ2v) is 4.65. The molecule has 0 aliphatic carbocycles. The van der Waals surface area contributed by atoms with Crippen molar-refractivity contribution >= 4 is 12.4 Å². The first-order valence-electron chi connectivity index (χ1n) is 6.28. The molecule has 1 fully saturated rings. The second kappa shape index (κ2) is 7.70. The van der Waals surface area contributed by atoms with E-state index >= 15 is 0 Å². The molecular weight excluding hydrogens is 234 g/mol. The van der Waals surface area contributed by atoms with Gasteiger partial charge in [0.1, 0.15) is 0 Å². The van der Waals surface area contributed by atoms with Crippen LogP contribution in [0.3, 0.4) is 0 Å². The van der Waals surface area contributed by atoms with Crippen LogP contribution in [0.2, 0.25) is 0 Å². The third-order valence-corrected chi connectivity index (χ3v) is 3.42. The van der Waals surface area contributed by atoms with Gasteiger partial charge in [0.15, 0.2) is 0 Å².